The van der Waals surface area contributed by atoms with Crippen LogP contribution in [0.3, 0.4) is 0 Å². The second-order valence-corrected chi connectivity index (χ2v) is 7.03. The molecule has 3 aromatic carbocycles. The Bertz CT molecular complexity index is 896. The second-order valence-electron chi connectivity index (χ2n) is 7.03. The van der Waals surface area contributed by atoms with Gasteiger partial charge in [0.1, 0.15) is 0 Å². The fourth-order valence-corrected chi connectivity index (χ4v) is 4.11. The fourth-order valence-electron chi connectivity index (χ4n) is 4.11. The summed E-state index contributed by atoms with van der Waals surface area (Å²) in [5, 5.41) is 2.87. The summed E-state index contributed by atoms with van der Waals surface area (Å²) >= 11 is 0. The molecule has 1 aliphatic rings. The number of rotatable bonds is 1. The van der Waals surface area contributed by atoms with Gasteiger partial charge in [0.25, 0.3) is 0 Å². The molecule has 0 bridgehead atoms. The van der Waals surface area contributed by atoms with E-state index in [0.717, 1.165) is 0 Å². The summed E-state index contributed by atoms with van der Waals surface area (Å²) in [5.74, 6) is 0. The minimum Gasteiger partial charge on any atom is -0.165 e. The van der Waals surface area contributed by atoms with Crippen LogP contribution in [-0.4, -0.2) is 0 Å². The van der Waals surface area contributed by atoms with Crippen LogP contribution in [-0.2, 0) is 12.8 Å². The number of hydrogen-bond acceptors (Lipinski definition) is 0. The van der Waals surface area contributed by atoms with Crippen LogP contribution in [0.4, 0.5) is 0 Å². The molecule has 0 aliphatic heterocycles. The Morgan fingerprint density at radius 1 is 0.826 bits per heavy atom. The van der Waals surface area contributed by atoms with E-state index in [1.54, 1.807) is 11.1 Å². The summed E-state index contributed by atoms with van der Waals surface area (Å²) in [6.07, 6.45) is 3.78. The van der Waals surface area contributed by atoms with E-state index in [1.807, 2.05) is 0 Å². The van der Waals surface area contributed by atoms with E-state index in [0.29, 0.717) is 0 Å². The van der Waals surface area contributed by atoms with Crippen LogP contribution in [0.15, 0.2) is 30.3 Å². The van der Waals surface area contributed by atoms with Crippen molar-refractivity contribution in [3.8, 4) is 11.1 Å². The summed E-state index contributed by atoms with van der Waals surface area (Å²) in [6, 6.07) is 11.9. The van der Waals surface area contributed by atoms with Gasteiger partial charge >= 0.3 is 18.9 Å². The van der Waals surface area contributed by atoms with Crippen molar-refractivity contribution in [2.45, 2.75) is 47.0 Å². The predicted molar refractivity (Wildman–Crippen MR) is 96.0 cm³/mol. The largest absolute Gasteiger partial charge is 1.00 e. The van der Waals surface area contributed by atoms with Crippen molar-refractivity contribution >= 4 is 10.8 Å². The molecule has 0 aromatic heterocycles. The zero-order chi connectivity index (χ0) is 15.4. The van der Waals surface area contributed by atoms with Gasteiger partial charge in [0.2, 0.25) is 0 Å². The van der Waals surface area contributed by atoms with Crippen LogP contribution in [0.2, 0.25) is 0 Å². The molecular weight excluding hydrogens is 271 g/mol. The molecule has 0 saturated heterocycles. The Kier molecular flexibility index (Phi) is 4.26. The summed E-state index contributed by atoms with van der Waals surface area (Å²) in [5.41, 5.74) is 11.7. The van der Waals surface area contributed by atoms with Crippen LogP contribution >= 0.6 is 0 Å². The quantitative estimate of drug-likeness (QED) is 0.478. The molecule has 112 valence electrons. The molecule has 0 nitrogen and oxygen atoms in total. The van der Waals surface area contributed by atoms with Crippen molar-refractivity contribution in [1.82, 2.24) is 0 Å². The molecule has 0 unspecified atom stereocenters. The van der Waals surface area contributed by atoms with Crippen LogP contribution < -0.4 is 18.9 Å². The minimum absolute atomic E-state index is 0. The number of hydrogen-bond donors (Lipinski definition) is 0. The third-order valence-corrected chi connectivity index (χ3v) is 5.34. The Hall–Kier alpha value is -1.35. The topological polar surface area (TPSA) is 0 Å². The van der Waals surface area contributed by atoms with E-state index in [2.05, 4.69) is 58.0 Å². The molecule has 0 radical (unpaired) electrons. The molecular formula is C22H23Li. The summed E-state index contributed by atoms with van der Waals surface area (Å²) in [4.78, 5) is 0. The van der Waals surface area contributed by atoms with Gasteiger partial charge in [-0.05, 0) is 62.3 Å². The summed E-state index contributed by atoms with van der Waals surface area (Å²) in [6.45, 7) is 8.92. The van der Waals surface area contributed by atoms with E-state index in [9.17, 15) is 0 Å². The monoisotopic (exact) mass is 294 g/mol. The molecule has 1 aliphatic carbocycles. The van der Waals surface area contributed by atoms with Crippen LogP contribution in [0.5, 0.6) is 0 Å². The molecule has 23 heavy (non-hydrogen) atoms. The maximum Gasteiger partial charge on any atom is 1.00 e. The van der Waals surface area contributed by atoms with Crippen molar-refractivity contribution in [1.29, 1.82) is 0 Å². The normalized spacial score (nSPS) is 13.2. The van der Waals surface area contributed by atoms with E-state index in [-0.39, 0.29) is 18.9 Å². The molecule has 0 spiro atoms. The smallest absolute Gasteiger partial charge is 0.165 e. The molecule has 0 saturated carbocycles. The van der Waals surface area contributed by atoms with Gasteiger partial charge in [0, 0.05) is 0 Å². The maximum atomic E-state index is 2.44. The number of fused-ring (bicyclic) bond motifs is 2. The van der Waals surface area contributed by atoms with Crippen LogP contribution in [0.1, 0.15) is 39.8 Å². The number of aryl methyl sites for hydroxylation is 5. The van der Waals surface area contributed by atoms with Crippen molar-refractivity contribution in [2.24, 2.45) is 0 Å². The maximum absolute atomic E-state index is 2.44. The Morgan fingerprint density at radius 3 is 2.35 bits per heavy atom. The van der Waals surface area contributed by atoms with E-state index < -0.39 is 0 Å². The zero-order valence-corrected chi connectivity index (χ0v) is 15.0. The molecule has 0 N–H and O–H groups in total. The van der Waals surface area contributed by atoms with Crippen LogP contribution in [0, 0.1) is 27.7 Å². The summed E-state index contributed by atoms with van der Waals surface area (Å²) in [7, 11) is 0. The minimum atomic E-state index is 0. The second kappa shape index (κ2) is 5.93. The fraction of sp³-hybridized carbons (Fsp3) is 0.318. The van der Waals surface area contributed by atoms with Gasteiger partial charge in [0.15, 0.2) is 0 Å². The molecule has 0 fully saturated rings. The van der Waals surface area contributed by atoms with Gasteiger partial charge in [-0.1, -0.05) is 35.7 Å². The van der Waals surface area contributed by atoms with Crippen molar-refractivity contribution < 1.29 is 18.9 Å². The first-order valence-electron chi connectivity index (χ1n) is 8.34. The van der Waals surface area contributed by atoms with Gasteiger partial charge in [-0.25, -0.2) is 0 Å². The first kappa shape index (κ1) is 16.5. The average Bonchev–Trinajstić information content (AvgIpc) is 3.05. The van der Waals surface area contributed by atoms with E-state index in [1.165, 1.54) is 63.4 Å². The third kappa shape index (κ3) is 2.59. The zero-order valence-electron chi connectivity index (χ0n) is 15.0. The van der Waals surface area contributed by atoms with E-state index in [4.69, 9.17) is 0 Å². The van der Waals surface area contributed by atoms with Crippen LogP contribution in [0.25, 0.3) is 21.9 Å². The van der Waals surface area contributed by atoms with E-state index >= 15 is 0 Å². The molecule has 4 rings (SSSR count). The Labute approximate surface area is 151 Å². The molecule has 0 heterocycles. The van der Waals surface area contributed by atoms with Gasteiger partial charge in [0.05, 0.1) is 0 Å². The van der Waals surface area contributed by atoms with Gasteiger partial charge in [-0.2, -0.15) is 6.07 Å². The van der Waals surface area contributed by atoms with Crippen molar-refractivity contribution in [3.05, 3.63) is 63.7 Å². The van der Waals surface area contributed by atoms with Gasteiger partial charge in [-0.3, -0.25) is 0 Å². The van der Waals surface area contributed by atoms with Gasteiger partial charge < -0.3 is 0 Å². The first-order valence-corrected chi connectivity index (χ1v) is 8.34. The molecule has 0 atom stereocenters. The van der Waals surface area contributed by atoms with Gasteiger partial charge in [-0.15, -0.1) is 28.5 Å². The predicted octanol–water partition coefficient (Wildman–Crippen LogP) is 2.95. The standard InChI is InChI=1S/C22H23.Li/c1-13-8-18-12-17-6-5-7-19(17)22(21(18)9-13)20-11-15(3)14(2)10-16(20)4;/h8-12H,5-7H2,1-4H3;/q-1;+1. The molecule has 3 aromatic rings. The third-order valence-electron chi connectivity index (χ3n) is 5.34. The average molecular weight is 294 g/mol. The number of benzene rings is 2. The SMILES string of the molecule is Cc1cc2c(-c3cc(C)c(C)cc3C)c3c(cc2[cH-]1)CCC3.[Li+]. The van der Waals surface area contributed by atoms with Crippen molar-refractivity contribution in [3.63, 3.8) is 0 Å². The molecule has 0 amide bonds. The summed E-state index contributed by atoms with van der Waals surface area (Å²) < 4.78 is 0. The molecule has 1 heteroatoms. The van der Waals surface area contributed by atoms with Crippen molar-refractivity contribution in [2.75, 3.05) is 0 Å². The Balaban J connectivity index is 0.00000156. The Morgan fingerprint density at radius 2 is 1.57 bits per heavy atom. The first-order chi connectivity index (χ1) is 10.5.